The summed E-state index contributed by atoms with van der Waals surface area (Å²) in [5.41, 5.74) is 0. The quantitative estimate of drug-likeness (QED) is 0.690. The van der Waals surface area contributed by atoms with Crippen LogP contribution in [0, 0.1) is 0 Å². The van der Waals surface area contributed by atoms with Crippen molar-refractivity contribution in [1.82, 2.24) is 5.32 Å². The molecule has 3 heteroatoms. The second-order valence-electron chi connectivity index (χ2n) is 3.29. The van der Waals surface area contributed by atoms with Gasteiger partial charge in [0.2, 0.25) is 5.91 Å². The molecule has 12 heavy (non-hydrogen) atoms. The molecule has 0 aromatic rings. The lowest BCUT2D eigenvalue weighted by molar-refractivity contribution is -0.121. The Morgan fingerprint density at radius 3 is 2.83 bits per heavy atom. The predicted molar refractivity (Wildman–Crippen MR) is 46.9 cm³/mol. The SMILES string of the molecule is CCC(=O)N[C@@H]1CC[C@@H](OC)C1. The molecule has 0 radical (unpaired) electrons. The number of carbonyl (C=O) groups is 1. The molecule has 0 heterocycles. The maximum atomic E-state index is 11.0. The smallest absolute Gasteiger partial charge is 0.219 e. The molecule has 0 aromatic heterocycles. The number of amides is 1. The second kappa shape index (κ2) is 4.45. The Morgan fingerprint density at radius 2 is 2.33 bits per heavy atom. The molecule has 1 N–H and O–H groups in total. The van der Waals surface area contributed by atoms with Crippen LogP contribution in [0.25, 0.3) is 0 Å². The maximum Gasteiger partial charge on any atom is 0.219 e. The summed E-state index contributed by atoms with van der Waals surface area (Å²) in [7, 11) is 1.73. The molecule has 1 saturated carbocycles. The largest absolute Gasteiger partial charge is 0.381 e. The van der Waals surface area contributed by atoms with Gasteiger partial charge in [-0.05, 0) is 19.3 Å². The van der Waals surface area contributed by atoms with Crippen molar-refractivity contribution in [3.63, 3.8) is 0 Å². The maximum absolute atomic E-state index is 11.0. The van der Waals surface area contributed by atoms with Gasteiger partial charge in [0.1, 0.15) is 0 Å². The monoisotopic (exact) mass is 171 g/mol. The van der Waals surface area contributed by atoms with Gasteiger partial charge in [-0.25, -0.2) is 0 Å². The normalized spacial score (nSPS) is 28.8. The van der Waals surface area contributed by atoms with Crippen LogP contribution in [-0.2, 0) is 9.53 Å². The van der Waals surface area contributed by atoms with Gasteiger partial charge in [0, 0.05) is 19.6 Å². The van der Waals surface area contributed by atoms with E-state index in [2.05, 4.69) is 5.32 Å². The fraction of sp³-hybridized carbons (Fsp3) is 0.889. The number of nitrogens with one attached hydrogen (secondary N) is 1. The Bertz CT molecular complexity index is 159. The number of hydrogen-bond acceptors (Lipinski definition) is 2. The average Bonchev–Trinajstić information content (AvgIpc) is 2.52. The third-order valence-electron chi connectivity index (χ3n) is 2.40. The summed E-state index contributed by atoms with van der Waals surface area (Å²) in [6, 6.07) is 0.349. The summed E-state index contributed by atoms with van der Waals surface area (Å²) < 4.78 is 5.21. The number of ether oxygens (including phenoxy) is 1. The van der Waals surface area contributed by atoms with Crippen molar-refractivity contribution in [1.29, 1.82) is 0 Å². The highest BCUT2D eigenvalue weighted by molar-refractivity contribution is 5.75. The molecule has 1 aliphatic carbocycles. The zero-order valence-electron chi connectivity index (χ0n) is 7.80. The van der Waals surface area contributed by atoms with Gasteiger partial charge in [0.25, 0.3) is 0 Å². The summed E-state index contributed by atoms with van der Waals surface area (Å²) in [5, 5.41) is 2.97. The minimum atomic E-state index is 0.150. The molecule has 70 valence electrons. The molecule has 3 nitrogen and oxygen atoms in total. The standard InChI is InChI=1S/C9H17NO2/c1-3-9(11)10-7-4-5-8(6-7)12-2/h7-8H,3-6H2,1-2H3,(H,10,11)/t7-,8-/m1/s1. The lowest BCUT2D eigenvalue weighted by atomic mass is 10.2. The van der Waals surface area contributed by atoms with Crippen LogP contribution in [0.4, 0.5) is 0 Å². The van der Waals surface area contributed by atoms with Crippen LogP contribution in [0.15, 0.2) is 0 Å². The van der Waals surface area contributed by atoms with Crippen LogP contribution in [0.3, 0.4) is 0 Å². The summed E-state index contributed by atoms with van der Waals surface area (Å²) in [4.78, 5) is 11.0. The molecule has 1 amide bonds. The molecule has 0 unspecified atom stereocenters. The van der Waals surface area contributed by atoms with E-state index in [1.165, 1.54) is 0 Å². The van der Waals surface area contributed by atoms with Gasteiger partial charge in [-0.3, -0.25) is 4.79 Å². The number of carbonyl (C=O) groups excluding carboxylic acids is 1. The molecule has 0 spiro atoms. The average molecular weight is 171 g/mol. The second-order valence-corrected chi connectivity index (χ2v) is 3.29. The van der Waals surface area contributed by atoms with Crippen LogP contribution in [0.2, 0.25) is 0 Å². The van der Waals surface area contributed by atoms with E-state index in [1.807, 2.05) is 6.92 Å². The third-order valence-corrected chi connectivity index (χ3v) is 2.40. The highest BCUT2D eigenvalue weighted by Gasteiger charge is 2.24. The summed E-state index contributed by atoms with van der Waals surface area (Å²) in [6.45, 7) is 1.87. The lowest BCUT2D eigenvalue weighted by Crippen LogP contribution is -2.32. The summed E-state index contributed by atoms with van der Waals surface area (Å²) in [6.07, 6.45) is 4.04. The first-order valence-electron chi connectivity index (χ1n) is 4.58. The molecule has 1 rings (SSSR count). The molecule has 0 aliphatic heterocycles. The van der Waals surface area contributed by atoms with Crippen molar-refractivity contribution in [3.05, 3.63) is 0 Å². The van der Waals surface area contributed by atoms with Gasteiger partial charge in [-0.1, -0.05) is 6.92 Å². The fourth-order valence-electron chi connectivity index (χ4n) is 1.62. The summed E-state index contributed by atoms with van der Waals surface area (Å²) in [5.74, 6) is 0.150. The van der Waals surface area contributed by atoms with Gasteiger partial charge in [0.15, 0.2) is 0 Å². The van der Waals surface area contributed by atoms with E-state index in [4.69, 9.17) is 4.74 Å². The molecular formula is C9H17NO2. The van der Waals surface area contributed by atoms with Gasteiger partial charge in [-0.15, -0.1) is 0 Å². The first-order chi connectivity index (χ1) is 5.76. The molecule has 2 atom stereocenters. The predicted octanol–water partition coefficient (Wildman–Crippen LogP) is 1.08. The molecule has 1 aliphatic rings. The zero-order chi connectivity index (χ0) is 8.97. The first kappa shape index (κ1) is 9.52. The van der Waals surface area contributed by atoms with Crippen molar-refractivity contribution < 1.29 is 9.53 Å². The van der Waals surface area contributed by atoms with E-state index >= 15 is 0 Å². The van der Waals surface area contributed by atoms with Crippen LogP contribution >= 0.6 is 0 Å². The van der Waals surface area contributed by atoms with Crippen molar-refractivity contribution in [2.75, 3.05) is 7.11 Å². The molecular weight excluding hydrogens is 154 g/mol. The zero-order valence-corrected chi connectivity index (χ0v) is 7.80. The minimum absolute atomic E-state index is 0.150. The molecule has 0 bridgehead atoms. The van der Waals surface area contributed by atoms with Crippen molar-refractivity contribution in [3.8, 4) is 0 Å². The number of rotatable bonds is 3. The van der Waals surface area contributed by atoms with E-state index in [-0.39, 0.29) is 5.91 Å². The first-order valence-corrected chi connectivity index (χ1v) is 4.58. The topological polar surface area (TPSA) is 38.3 Å². The highest BCUT2D eigenvalue weighted by Crippen LogP contribution is 2.21. The Hall–Kier alpha value is -0.570. The van der Waals surface area contributed by atoms with Gasteiger partial charge in [-0.2, -0.15) is 0 Å². The van der Waals surface area contributed by atoms with Crippen LogP contribution in [0.1, 0.15) is 32.6 Å². The van der Waals surface area contributed by atoms with E-state index in [0.29, 0.717) is 18.6 Å². The van der Waals surface area contributed by atoms with Gasteiger partial charge < -0.3 is 10.1 Å². The van der Waals surface area contributed by atoms with E-state index in [0.717, 1.165) is 19.3 Å². The van der Waals surface area contributed by atoms with E-state index < -0.39 is 0 Å². The summed E-state index contributed by atoms with van der Waals surface area (Å²) >= 11 is 0. The molecule has 0 saturated heterocycles. The Balaban J connectivity index is 2.23. The van der Waals surface area contributed by atoms with E-state index in [9.17, 15) is 4.79 Å². The fourth-order valence-corrected chi connectivity index (χ4v) is 1.62. The number of hydrogen-bond donors (Lipinski definition) is 1. The molecule has 1 fully saturated rings. The Labute approximate surface area is 73.5 Å². The van der Waals surface area contributed by atoms with Gasteiger partial charge >= 0.3 is 0 Å². The highest BCUT2D eigenvalue weighted by atomic mass is 16.5. The third kappa shape index (κ3) is 2.48. The minimum Gasteiger partial charge on any atom is -0.381 e. The van der Waals surface area contributed by atoms with E-state index in [1.54, 1.807) is 7.11 Å². The molecule has 0 aromatic carbocycles. The van der Waals surface area contributed by atoms with Crippen LogP contribution in [0.5, 0.6) is 0 Å². The number of methoxy groups -OCH3 is 1. The lowest BCUT2D eigenvalue weighted by Gasteiger charge is -2.11. The Kier molecular flexibility index (Phi) is 3.53. The van der Waals surface area contributed by atoms with Crippen LogP contribution < -0.4 is 5.32 Å². The Morgan fingerprint density at radius 1 is 1.58 bits per heavy atom. The van der Waals surface area contributed by atoms with Crippen LogP contribution in [-0.4, -0.2) is 25.2 Å². The van der Waals surface area contributed by atoms with Crippen molar-refractivity contribution >= 4 is 5.91 Å². The van der Waals surface area contributed by atoms with Crippen molar-refractivity contribution in [2.24, 2.45) is 0 Å². The van der Waals surface area contributed by atoms with Crippen molar-refractivity contribution in [2.45, 2.75) is 44.8 Å². The van der Waals surface area contributed by atoms with Gasteiger partial charge in [0.05, 0.1) is 6.10 Å².